The predicted molar refractivity (Wildman–Crippen MR) is 63.0 cm³/mol. The van der Waals surface area contributed by atoms with Gasteiger partial charge >= 0.3 is 0 Å². The Kier molecular flexibility index (Phi) is 6.45. The molecule has 82 valence electrons. The van der Waals surface area contributed by atoms with E-state index in [2.05, 4.69) is 19.2 Å². The topological polar surface area (TPSA) is 55.1 Å². The molecular weight excluding hydrogens is 196 g/mol. The number of amides is 1. The van der Waals surface area contributed by atoms with Crippen molar-refractivity contribution in [2.45, 2.75) is 33.6 Å². The Hall–Kier alpha value is -0.640. The van der Waals surface area contributed by atoms with E-state index in [1.807, 2.05) is 6.92 Å². The van der Waals surface area contributed by atoms with Gasteiger partial charge in [0.15, 0.2) is 0 Å². The van der Waals surface area contributed by atoms with Crippen LogP contribution >= 0.6 is 12.2 Å². The zero-order valence-electron chi connectivity index (χ0n) is 9.17. The fourth-order valence-corrected chi connectivity index (χ4v) is 0.984. The molecular formula is C10H20N2OS. The lowest BCUT2D eigenvalue weighted by Crippen LogP contribution is -2.34. The van der Waals surface area contributed by atoms with Crippen molar-refractivity contribution >= 4 is 23.1 Å². The van der Waals surface area contributed by atoms with Crippen molar-refractivity contribution in [1.82, 2.24) is 5.32 Å². The quantitative estimate of drug-likeness (QED) is 0.661. The fraction of sp³-hybridized carbons (Fsp3) is 0.800. The van der Waals surface area contributed by atoms with Gasteiger partial charge in [0.25, 0.3) is 0 Å². The van der Waals surface area contributed by atoms with E-state index >= 15 is 0 Å². The van der Waals surface area contributed by atoms with Gasteiger partial charge in [0.05, 0.1) is 4.99 Å². The normalized spacial score (nSPS) is 14.5. The minimum atomic E-state index is 0.0749. The molecule has 3 nitrogen and oxygen atoms in total. The molecule has 0 rings (SSSR count). The molecule has 4 heteroatoms. The average molecular weight is 216 g/mol. The number of carbonyl (C=O) groups excluding carboxylic acids is 1. The Bertz CT molecular complexity index is 206. The van der Waals surface area contributed by atoms with Crippen LogP contribution in [0.25, 0.3) is 0 Å². The van der Waals surface area contributed by atoms with Crippen molar-refractivity contribution in [3.8, 4) is 0 Å². The molecule has 0 aromatic rings. The summed E-state index contributed by atoms with van der Waals surface area (Å²) in [5.41, 5.74) is 5.43. The molecule has 0 radical (unpaired) electrons. The first-order chi connectivity index (χ1) is 6.47. The summed E-state index contributed by atoms with van der Waals surface area (Å²) in [6.45, 7) is 6.60. The minimum Gasteiger partial charge on any atom is -0.393 e. The number of hydrogen-bond acceptors (Lipinski definition) is 2. The second-order valence-electron chi connectivity index (χ2n) is 3.83. The molecule has 2 unspecified atom stereocenters. The highest BCUT2D eigenvalue weighted by Crippen LogP contribution is 2.05. The van der Waals surface area contributed by atoms with Crippen LogP contribution in [0.15, 0.2) is 0 Å². The van der Waals surface area contributed by atoms with Gasteiger partial charge in [-0.3, -0.25) is 4.79 Å². The maximum atomic E-state index is 11.3. The Balaban J connectivity index is 3.69. The lowest BCUT2D eigenvalue weighted by atomic mass is 10.0. The fourth-order valence-electron chi connectivity index (χ4n) is 0.901. The molecule has 2 atom stereocenters. The van der Waals surface area contributed by atoms with Crippen LogP contribution in [0.3, 0.4) is 0 Å². The Morgan fingerprint density at radius 1 is 1.50 bits per heavy atom. The van der Waals surface area contributed by atoms with E-state index in [0.29, 0.717) is 23.9 Å². The van der Waals surface area contributed by atoms with E-state index in [1.165, 1.54) is 0 Å². The molecule has 0 aromatic carbocycles. The number of rotatable bonds is 6. The summed E-state index contributed by atoms with van der Waals surface area (Å²) in [6.07, 6.45) is 1.61. The largest absolute Gasteiger partial charge is 0.393 e. The van der Waals surface area contributed by atoms with Gasteiger partial charge in [-0.25, -0.2) is 0 Å². The van der Waals surface area contributed by atoms with E-state index < -0.39 is 0 Å². The lowest BCUT2D eigenvalue weighted by molar-refractivity contribution is -0.122. The first kappa shape index (κ1) is 13.4. The Labute approximate surface area is 91.4 Å². The van der Waals surface area contributed by atoms with Crippen molar-refractivity contribution in [1.29, 1.82) is 0 Å². The number of nitrogens with one attached hydrogen (secondary N) is 1. The van der Waals surface area contributed by atoms with E-state index in [4.69, 9.17) is 18.0 Å². The molecule has 0 spiro atoms. The van der Waals surface area contributed by atoms with Crippen LogP contribution in [0, 0.1) is 11.8 Å². The zero-order chi connectivity index (χ0) is 11.1. The minimum absolute atomic E-state index is 0.0749. The number of carbonyl (C=O) groups is 1. The smallest absolute Gasteiger partial charge is 0.220 e. The summed E-state index contributed by atoms with van der Waals surface area (Å²) in [7, 11) is 0. The molecule has 0 aliphatic carbocycles. The van der Waals surface area contributed by atoms with Crippen LogP contribution in [0.1, 0.15) is 33.6 Å². The van der Waals surface area contributed by atoms with Gasteiger partial charge in [-0.15, -0.1) is 0 Å². The summed E-state index contributed by atoms with van der Waals surface area (Å²) < 4.78 is 0. The van der Waals surface area contributed by atoms with Crippen molar-refractivity contribution in [3.05, 3.63) is 0 Å². The van der Waals surface area contributed by atoms with Crippen LogP contribution < -0.4 is 11.1 Å². The van der Waals surface area contributed by atoms with Crippen LogP contribution in [-0.2, 0) is 4.79 Å². The molecule has 0 bridgehead atoms. The van der Waals surface area contributed by atoms with Crippen molar-refractivity contribution in [2.24, 2.45) is 17.6 Å². The number of hydrogen-bond donors (Lipinski definition) is 2. The van der Waals surface area contributed by atoms with Gasteiger partial charge in [0.2, 0.25) is 5.91 Å². The molecule has 0 aliphatic heterocycles. The maximum absolute atomic E-state index is 11.3. The molecule has 1 amide bonds. The summed E-state index contributed by atoms with van der Waals surface area (Å²) in [5.74, 6) is 0.600. The van der Waals surface area contributed by atoms with Gasteiger partial charge in [-0.2, -0.15) is 0 Å². The molecule has 0 aliphatic rings. The first-order valence-electron chi connectivity index (χ1n) is 5.03. The second-order valence-corrected chi connectivity index (χ2v) is 4.30. The highest BCUT2D eigenvalue weighted by atomic mass is 32.1. The van der Waals surface area contributed by atoms with E-state index in [-0.39, 0.29) is 11.8 Å². The van der Waals surface area contributed by atoms with Crippen molar-refractivity contribution in [2.75, 3.05) is 6.54 Å². The summed E-state index contributed by atoms with van der Waals surface area (Å²) in [4.78, 5) is 11.8. The Morgan fingerprint density at radius 3 is 2.50 bits per heavy atom. The lowest BCUT2D eigenvalue weighted by Gasteiger charge is -2.12. The molecule has 14 heavy (non-hydrogen) atoms. The van der Waals surface area contributed by atoms with Gasteiger partial charge in [0, 0.05) is 18.9 Å². The second kappa shape index (κ2) is 6.76. The van der Waals surface area contributed by atoms with Gasteiger partial charge in [0.1, 0.15) is 0 Å². The maximum Gasteiger partial charge on any atom is 0.220 e. The monoisotopic (exact) mass is 216 g/mol. The Morgan fingerprint density at radius 2 is 2.07 bits per heavy atom. The third-order valence-corrected chi connectivity index (χ3v) is 2.72. The molecule has 0 saturated heterocycles. The molecule has 3 N–H and O–H groups in total. The van der Waals surface area contributed by atoms with Crippen molar-refractivity contribution in [3.63, 3.8) is 0 Å². The number of nitrogens with two attached hydrogens (primary N) is 1. The van der Waals surface area contributed by atoms with Crippen LogP contribution in [-0.4, -0.2) is 17.4 Å². The summed E-state index contributed by atoms with van der Waals surface area (Å²) >= 11 is 4.81. The van der Waals surface area contributed by atoms with Crippen LogP contribution in [0.4, 0.5) is 0 Å². The molecule has 0 saturated carbocycles. The first-order valence-corrected chi connectivity index (χ1v) is 5.44. The SMILES string of the molecule is CCC(C)CC(=O)NCC(C)C(N)=S. The number of thiocarbonyl (C=S) groups is 1. The third kappa shape index (κ3) is 5.91. The summed E-state index contributed by atoms with van der Waals surface area (Å²) in [5, 5.41) is 2.82. The molecule has 0 fully saturated rings. The van der Waals surface area contributed by atoms with Gasteiger partial charge in [-0.1, -0.05) is 39.4 Å². The van der Waals surface area contributed by atoms with E-state index in [9.17, 15) is 4.79 Å². The average Bonchev–Trinajstić information content (AvgIpc) is 2.13. The summed E-state index contributed by atoms with van der Waals surface area (Å²) in [6, 6.07) is 0. The third-order valence-electron chi connectivity index (χ3n) is 2.32. The zero-order valence-corrected chi connectivity index (χ0v) is 9.99. The van der Waals surface area contributed by atoms with E-state index in [0.717, 1.165) is 6.42 Å². The van der Waals surface area contributed by atoms with Crippen molar-refractivity contribution < 1.29 is 4.79 Å². The molecule has 0 aromatic heterocycles. The van der Waals surface area contributed by atoms with Crippen LogP contribution in [0.2, 0.25) is 0 Å². The van der Waals surface area contributed by atoms with Crippen LogP contribution in [0.5, 0.6) is 0 Å². The standard InChI is InChI=1S/C10H20N2OS/c1-4-7(2)5-9(13)12-6-8(3)10(11)14/h7-8H,4-6H2,1-3H3,(H2,11,14)(H,12,13). The predicted octanol–water partition coefficient (Wildman–Crippen LogP) is 1.46. The molecule has 0 heterocycles. The van der Waals surface area contributed by atoms with Gasteiger partial charge in [-0.05, 0) is 5.92 Å². The highest BCUT2D eigenvalue weighted by molar-refractivity contribution is 7.80. The van der Waals surface area contributed by atoms with Gasteiger partial charge < -0.3 is 11.1 Å². The van der Waals surface area contributed by atoms with E-state index in [1.54, 1.807) is 0 Å². The highest BCUT2D eigenvalue weighted by Gasteiger charge is 2.09.